The van der Waals surface area contributed by atoms with Crippen LogP contribution in [0.3, 0.4) is 0 Å². The zero-order valence-electron chi connectivity index (χ0n) is 10.8. The molecule has 0 radical (unpaired) electrons. The van der Waals surface area contributed by atoms with Crippen LogP contribution in [0.25, 0.3) is 0 Å². The molecule has 0 amide bonds. The van der Waals surface area contributed by atoms with Crippen LogP contribution in [0.15, 0.2) is 0 Å². The summed E-state index contributed by atoms with van der Waals surface area (Å²) in [6, 6.07) is -2.43. The van der Waals surface area contributed by atoms with Crippen LogP contribution >= 0.6 is 0 Å². The molecule has 0 spiro atoms. The first kappa shape index (κ1) is 15.7. The standard InChI is InChI=1S/C11H21F3N2O2/c1-10(2,3)18-9-6(15)4-5-7(17-9)8(16)11(12,13)14/h6-9H,4-5,15-16H2,1-3H3/t6-,7?,8?,9-/m1/s1. The van der Waals surface area contributed by atoms with Crippen LogP contribution in [-0.2, 0) is 9.47 Å². The maximum absolute atomic E-state index is 12.5. The second-order valence-electron chi connectivity index (χ2n) is 5.58. The zero-order valence-corrected chi connectivity index (χ0v) is 10.8. The van der Waals surface area contributed by atoms with E-state index >= 15 is 0 Å². The molecule has 0 aromatic heterocycles. The first-order valence-corrected chi connectivity index (χ1v) is 5.92. The summed E-state index contributed by atoms with van der Waals surface area (Å²) in [4.78, 5) is 0. The Labute approximate surface area is 105 Å². The minimum atomic E-state index is -4.47. The molecule has 1 rings (SSSR count). The van der Waals surface area contributed by atoms with Gasteiger partial charge in [-0.3, -0.25) is 0 Å². The molecule has 4 atom stereocenters. The van der Waals surface area contributed by atoms with Crippen molar-refractivity contribution in [1.82, 2.24) is 0 Å². The molecule has 1 aliphatic heterocycles. The molecule has 0 bridgehead atoms. The van der Waals surface area contributed by atoms with Crippen LogP contribution in [-0.4, -0.2) is 36.3 Å². The van der Waals surface area contributed by atoms with Gasteiger partial charge in [-0.05, 0) is 33.6 Å². The highest BCUT2D eigenvalue weighted by Gasteiger charge is 2.46. The van der Waals surface area contributed by atoms with Crippen molar-refractivity contribution in [1.29, 1.82) is 0 Å². The minimum Gasteiger partial charge on any atom is -0.346 e. The SMILES string of the molecule is CC(C)(C)O[C@H]1OC(C(N)C(F)(F)F)CC[C@H]1N. The van der Waals surface area contributed by atoms with Gasteiger partial charge in [0.05, 0.1) is 17.7 Å². The van der Waals surface area contributed by atoms with Gasteiger partial charge in [-0.25, -0.2) is 0 Å². The third kappa shape index (κ3) is 4.38. The number of hydrogen-bond acceptors (Lipinski definition) is 4. The van der Waals surface area contributed by atoms with E-state index in [2.05, 4.69) is 0 Å². The summed E-state index contributed by atoms with van der Waals surface area (Å²) < 4.78 is 48.3. The van der Waals surface area contributed by atoms with E-state index in [9.17, 15) is 13.2 Å². The molecule has 2 unspecified atom stereocenters. The fourth-order valence-corrected chi connectivity index (χ4v) is 1.77. The van der Waals surface area contributed by atoms with Gasteiger partial charge in [-0.1, -0.05) is 0 Å². The van der Waals surface area contributed by atoms with Crippen LogP contribution in [0.2, 0.25) is 0 Å². The maximum atomic E-state index is 12.5. The smallest absolute Gasteiger partial charge is 0.346 e. The van der Waals surface area contributed by atoms with E-state index < -0.39 is 36.3 Å². The summed E-state index contributed by atoms with van der Waals surface area (Å²) in [7, 11) is 0. The Bertz CT molecular complexity index is 278. The van der Waals surface area contributed by atoms with Crippen molar-refractivity contribution in [2.45, 2.75) is 69.9 Å². The van der Waals surface area contributed by atoms with Gasteiger partial charge in [-0.2, -0.15) is 13.2 Å². The summed E-state index contributed by atoms with van der Waals surface area (Å²) in [5, 5.41) is 0. The summed E-state index contributed by atoms with van der Waals surface area (Å²) >= 11 is 0. The molecule has 18 heavy (non-hydrogen) atoms. The van der Waals surface area contributed by atoms with Crippen molar-refractivity contribution in [2.75, 3.05) is 0 Å². The minimum absolute atomic E-state index is 0.186. The largest absolute Gasteiger partial charge is 0.406 e. The Kier molecular flexibility index (Phi) is 4.64. The number of rotatable bonds is 2. The van der Waals surface area contributed by atoms with Gasteiger partial charge in [0.1, 0.15) is 6.04 Å². The number of alkyl halides is 3. The van der Waals surface area contributed by atoms with Crippen LogP contribution in [0, 0.1) is 0 Å². The highest BCUT2D eigenvalue weighted by atomic mass is 19.4. The van der Waals surface area contributed by atoms with Gasteiger partial charge in [0.2, 0.25) is 0 Å². The van der Waals surface area contributed by atoms with Gasteiger partial charge in [0.15, 0.2) is 6.29 Å². The third-order valence-electron chi connectivity index (χ3n) is 2.69. The lowest BCUT2D eigenvalue weighted by Gasteiger charge is -2.40. The first-order chi connectivity index (χ1) is 8.00. The van der Waals surface area contributed by atoms with E-state index in [1.54, 1.807) is 20.8 Å². The van der Waals surface area contributed by atoms with E-state index in [0.29, 0.717) is 6.42 Å². The molecular weight excluding hydrogens is 249 g/mol. The van der Waals surface area contributed by atoms with E-state index in [0.717, 1.165) is 0 Å². The summed E-state index contributed by atoms with van der Waals surface area (Å²) in [6.45, 7) is 5.36. The topological polar surface area (TPSA) is 70.5 Å². The lowest BCUT2D eigenvalue weighted by atomic mass is 9.98. The van der Waals surface area contributed by atoms with Crippen LogP contribution in [0.1, 0.15) is 33.6 Å². The maximum Gasteiger partial charge on any atom is 0.406 e. The van der Waals surface area contributed by atoms with Crippen molar-refractivity contribution in [2.24, 2.45) is 11.5 Å². The van der Waals surface area contributed by atoms with Gasteiger partial charge in [0, 0.05) is 0 Å². The molecule has 0 aliphatic carbocycles. The van der Waals surface area contributed by atoms with E-state index in [4.69, 9.17) is 20.9 Å². The number of hydrogen-bond donors (Lipinski definition) is 2. The summed E-state index contributed by atoms with van der Waals surface area (Å²) in [6.07, 6.45) is -5.84. The van der Waals surface area contributed by atoms with Crippen molar-refractivity contribution >= 4 is 0 Å². The molecule has 108 valence electrons. The first-order valence-electron chi connectivity index (χ1n) is 5.92. The van der Waals surface area contributed by atoms with Gasteiger partial charge in [0.25, 0.3) is 0 Å². The molecule has 4 N–H and O–H groups in total. The van der Waals surface area contributed by atoms with Gasteiger partial charge < -0.3 is 20.9 Å². The lowest BCUT2D eigenvalue weighted by molar-refractivity contribution is -0.264. The molecule has 0 aromatic carbocycles. The predicted molar refractivity (Wildman–Crippen MR) is 60.7 cm³/mol. The van der Waals surface area contributed by atoms with E-state index in [1.165, 1.54) is 0 Å². The average Bonchev–Trinajstić information content (AvgIpc) is 2.17. The van der Waals surface area contributed by atoms with Crippen molar-refractivity contribution in [3.8, 4) is 0 Å². The van der Waals surface area contributed by atoms with Crippen molar-refractivity contribution in [3.05, 3.63) is 0 Å². The molecule has 7 heteroatoms. The second kappa shape index (κ2) is 5.32. The van der Waals surface area contributed by atoms with Crippen molar-refractivity contribution < 1.29 is 22.6 Å². The average molecular weight is 270 g/mol. The fourth-order valence-electron chi connectivity index (χ4n) is 1.77. The summed E-state index contributed by atoms with van der Waals surface area (Å²) in [5.74, 6) is 0. The fraction of sp³-hybridized carbons (Fsp3) is 1.00. The molecule has 4 nitrogen and oxygen atoms in total. The Morgan fingerprint density at radius 1 is 1.22 bits per heavy atom. The predicted octanol–water partition coefficient (Wildman–Crippen LogP) is 1.52. The molecule has 0 saturated carbocycles. The van der Waals surface area contributed by atoms with Crippen molar-refractivity contribution in [3.63, 3.8) is 0 Å². The van der Waals surface area contributed by atoms with Crippen LogP contribution < -0.4 is 11.5 Å². The van der Waals surface area contributed by atoms with Gasteiger partial charge in [-0.15, -0.1) is 0 Å². The van der Waals surface area contributed by atoms with Gasteiger partial charge >= 0.3 is 6.18 Å². The Hall–Kier alpha value is -0.370. The van der Waals surface area contributed by atoms with E-state index in [-0.39, 0.29) is 6.42 Å². The monoisotopic (exact) mass is 270 g/mol. The molecule has 1 aliphatic rings. The Balaban J connectivity index is 2.66. The Morgan fingerprint density at radius 3 is 2.22 bits per heavy atom. The summed E-state index contributed by atoms with van der Waals surface area (Å²) in [5.41, 5.74) is 10.4. The molecule has 1 saturated heterocycles. The quantitative estimate of drug-likeness (QED) is 0.798. The molecular formula is C11H21F3N2O2. The Morgan fingerprint density at radius 2 is 1.78 bits per heavy atom. The van der Waals surface area contributed by atoms with E-state index in [1.807, 2.05) is 0 Å². The van der Waals surface area contributed by atoms with Crippen LogP contribution in [0.5, 0.6) is 0 Å². The normalized spacial score (nSPS) is 32.3. The molecule has 0 aromatic rings. The van der Waals surface area contributed by atoms with Crippen LogP contribution in [0.4, 0.5) is 13.2 Å². The highest BCUT2D eigenvalue weighted by molar-refractivity contribution is 4.87. The second-order valence-corrected chi connectivity index (χ2v) is 5.58. The number of nitrogens with two attached hydrogens (primary N) is 2. The highest BCUT2D eigenvalue weighted by Crippen LogP contribution is 2.30. The zero-order chi connectivity index (χ0) is 14.1. The molecule has 1 fully saturated rings. The molecule has 1 heterocycles. The lowest BCUT2D eigenvalue weighted by Crippen LogP contribution is -2.56. The third-order valence-corrected chi connectivity index (χ3v) is 2.69. The number of ether oxygens (including phenoxy) is 2. The number of halogens is 3.